The van der Waals surface area contributed by atoms with Gasteiger partial charge in [0.2, 0.25) is 0 Å². The number of methoxy groups -OCH3 is 1. The van der Waals surface area contributed by atoms with Gasteiger partial charge in [0, 0.05) is 7.11 Å². The van der Waals surface area contributed by atoms with Crippen molar-refractivity contribution in [1.29, 1.82) is 0 Å². The molecule has 0 saturated carbocycles. The van der Waals surface area contributed by atoms with Crippen LogP contribution < -0.4 is 0 Å². The summed E-state index contributed by atoms with van der Waals surface area (Å²) in [5.41, 5.74) is 0. The summed E-state index contributed by atoms with van der Waals surface area (Å²) in [7, 11) is 1.43. The monoisotopic (exact) mass is 186 g/mol. The van der Waals surface area contributed by atoms with Crippen molar-refractivity contribution in [2.45, 2.75) is 10.8 Å². The van der Waals surface area contributed by atoms with Crippen LogP contribution in [0.4, 0.5) is 0 Å². The molecule has 0 amide bonds. The van der Waals surface area contributed by atoms with Gasteiger partial charge < -0.3 is 14.2 Å². The van der Waals surface area contributed by atoms with E-state index >= 15 is 0 Å². The molecule has 1 rings (SSSR count). The highest BCUT2D eigenvalue weighted by molar-refractivity contribution is 6.44. The lowest BCUT2D eigenvalue weighted by Gasteiger charge is -2.25. The van der Waals surface area contributed by atoms with Crippen LogP contribution in [0.25, 0.3) is 0 Å². The summed E-state index contributed by atoms with van der Waals surface area (Å²) in [6.07, 6.45) is 0. The zero-order valence-corrected chi connectivity index (χ0v) is 6.98. The van der Waals surface area contributed by atoms with Crippen LogP contribution in [0.1, 0.15) is 0 Å². The largest absolute Gasteiger partial charge is 0.329 e. The molecule has 0 unspecified atom stereocenters. The fraction of sp³-hybridized carbons (Fsp3) is 1.00. The predicted octanol–water partition coefficient (Wildman–Crippen LogP) is 1.14. The van der Waals surface area contributed by atoms with Crippen LogP contribution in [0, 0.1) is 0 Å². The van der Waals surface area contributed by atoms with Gasteiger partial charge in [0.1, 0.15) is 0 Å². The fourth-order valence-electron chi connectivity index (χ4n) is 0.742. The Kier molecular flexibility index (Phi) is 2.77. The first kappa shape index (κ1) is 8.56. The Hall–Kier alpha value is 0.460. The number of rotatable bonds is 2. The second kappa shape index (κ2) is 3.24. The van der Waals surface area contributed by atoms with Crippen molar-refractivity contribution in [3.8, 4) is 0 Å². The average Bonchev–Trinajstić information content (AvgIpc) is 2.35. The highest BCUT2D eigenvalue weighted by atomic mass is 35.5. The van der Waals surface area contributed by atoms with Gasteiger partial charge in [-0.05, 0) is 0 Å². The van der Waals surface area contributed by atoms with Crippen molar-refractivity contribution in [2.75, 3.05) is 20.3 Å². The molecular formula is C5H8Cl2O3. The first-order valence-corrected chi connectivity index (χ1v) is 3.70. The van der Waals surface area contributed by atoms with Crippen LogP contribution >= 0.6 is 23.2 Å². The van der Waals surface area contributed by atoms with Gasteiger partial charge in [-0.1, -0.05) is 23.2 Å². The third-order valence-corrected chi connectivity index (χ3v) is 1.78. The van der Waals surface area contributed by atoms with Gasteiger partial charge in [0.25, 0.3) is 0 Å². The van der Waals surface area contributed by atoms with Gasteiger partial charge in [0.05, 0.1) is 13.2 Å². The normalized spacial score (nSPS) is 24.0. The number of alkyl halides is 2. The van der Waals surface area contributed by atoms with Gasteiger partial charge in [-0.2, -0.15) is 0 Å². The fourth-order valence-corrected chi connectivity index (χ4v) is 1.17. The molecule has 0 bridgehead atoms. The summed E-state index contributed by atoms with van der Waals surface area (Å²) in [5.74, 6) is -1.23. The molecule has 1 aliphatic rings. The van der Waals surface area contributed by atoms with Crippen LogP contribution in [-0.2, 0) is 14.2 Å². The molecule has 3 nitrogen and oxygen atoms in total. The maximum absolute atomic E-state index is 5.53. The van der Waals surface area contributed by atoms with E-state index in [0.717, 1.165) is 0 Å². The molecule has 60 valence electrons. The summed E-state index contributed by atoms with van der Waals surface area (Å²) < 4.78 is 14.9. The maximum atomic E-state index is 5.53. The highest BCUT2D eigenvalue weighted by Crippen LogP contribution is 2.30. The van der Waals surface area contributed by atoms with Crippen molar-refractivity contribution in [1.82, 2.24) is 0 Å². The minimum absolute atomic E-state index is 0.462. The summed E-state index contributed by atoms with van der Waals surface area (Å²) in [6.45, 7) is 0.924. The van der Waals surface area contributed by atoms with Crippen molar-refractivity contribution in [2.24, 2.45) is 0 Å². The highest BCUT2D eigenvalue weighted by Gasteiger charge is 2.43. The minimum atomic E-state index is -1.23. The van der Waals surface area contributed by atoms with E-state index in [-0.39, 0.29) is 0 Å². The molecule has 0 aromatic heterocycles. The number of hydrogen-bond acceptors (Lipinski definition) is 3. The average molecular weight is 187 g/mol. The summed E-state index contributed by atoms with van der Waals surface area (Å²) in [5, 5.41) is 0. The van der Waals surface area contributed by atoms with Crippen LogP contribution in [-0.4, -0.2) is 31.1 Å². The minimum Gasteiger partial charge on any atom is -0.329 e. The van der Waals surface area contributed by atoms with Crippen molar-refractivity contribution in [3.63, 3.8) is 0 Å². The van der Waals surface area contributed by atoms with Crippen LogP contribution in [0.2, 0.25) is 0 Å². The van der Waals surface area contributed by atoms with Crippen molar-refractivity contribution in [3.05, 3.63) is 0 Å². The Labute approximate surface area is 69.1 Å². The topological polar surface area (TPSA) is 27.7 Å². The second-order valence-corrected chi connectivity index (χ2v) is 2.90. The van der Waals surface area contributed by atoms with Gasteiger partial charge in [-0.3, -0.25) is 0 Å². The second-order valence-electron chi connectivity index (χ2n) is 1.81. The van der Waals surface area contributed by atoms with E-state index in [0.29, 0.717) is 13.2 Å². The first-order valence-electron chi connectivity index (χ1n) is 2.82. The van der Waals surface area contributed by atoms with E-state index in [1.807, 2.05) is 0 Å². The molecule has 0 aromatic carbocycles. The lowest BCUT2D eigenvalue weighted by atomic mass is 10.6. The molecule has 10 heavy (non-hydrogen) atoms. The molecule has 0 radical (unpaired) electrons. The van der Waals surface area contributed by atoms with E-state index in [1.165, 1.54) is 7.11 Å². The van der Waals surface area contributed by atoms with Crippen molar-refractivity contribution < 1.29 is 14.2 Å². The number of hydrogen-bond donors (Lipinski definition) is 0. The Bertz CT molecular complexity index is 111. The third-order valence-electron chi connectivity index (χ3n) is 1.24. The molecule has 0 aliphatic carbocycles. The molecule has 5 heteroatoms. The summed E-state index contributed by atoms with van der Waals surface area (Å²) in [6, 6.07) is 0. The standard InChI is InChI=1S/C5H8Cl2O3/c1-8-5(4(6)7)9-2-3-10-5/h4H,2-3H2,1H3. The van der Waals surface area contributed by atoms with Gasteiger partial charge in [0.15, 0.2) is 4.84 Å². The Morgan fingerprint density at radius 2 is 1.90 bits per heavy atom. The zero-order chi connectivity index (χ0) is 7.61. The van der Waals surface area contributed by atoms with Crippen molar-refractivity contribution >= 4 is 23.2 Å². The third kappa shape index (κ3) is 1.38. The lowest BCUT2D eigenvalue weighted by Crippen LogP contribution is -2.39. The molecule has 1 aliphatic heterocycles. The molecule has 1 fully saturated rings. The Morgan fingerprint density at radius 3 is 2.10 bits per heavy atom. The molecule has 0 N–H and O–H groups in total. The van der Waals surface area contributed by atoms with E-state index in [2.05, 4.69) is 0 Å². The lowest BCUT2D eigenvalue weighted by molar-refractivity contribution is -0.310. The van der Waals surface area contributed by atoms with E-state index < -0.39 is 10.8 Å². The van der Waals surface area contributed by atoms with Crippen LogP contribution in [0.3, 0.4) is 0 Å². The smallest absolute Gasteiger partial charge is 0.314 e. The molecule has 1 saturated heterocycles. The summed E-state index contributed by atoms with van der Waals surface area (Å²) in [4.78, 5) is -0.819. The van der Waals surface area contributed by atoms with Crippen LogP contribution in [0.15, 0.2) is 0 Å². The van der Waals surface area contributed by atoms with E-state index in [4.69, 9.17) is 37.4 Å². The first-order chi connectivity index (χ1) is 4.71. The van der Waals surface area contributed by atoms with E-state index in [9.17, 15) is 0 Å². The molecule has 0 atom stereocenters. The molecular weight excluding hydrogens is 179 g/mol. The molecule has 0 aromatic rings. The van der Waals surface area contributed by atoms with Gasteiger partial charge >= 0.3 is 5.97 Å². The summed E-state index contributed by atoms with van der Waals surface area (Å²) >= 11 is 11.1. The Balaban J connectivity index is 2.58. The SMILES string of the molecule is COC1(C(Cl)Cl)OCCO1. The molecule has 0 spiro atoms. The van der Waals surface area contributed by atoms with Gasteiger partial charge in [-0.25, -0.2) is 0 Å². The number of ether oxygens (including phenoxy) is 3. The van der Waals surface area contributed by atoms with Gasteiger partial charge in [-0.15, -0.1) is 0 Å². The predicted molar refractivity (Wildman–Crippen MR) is 37.1 cm³/mol. The Morgan fingerprint density at radius 1 is 1.40 bits per heavy atom. The van der Waals surface area contributed by atoms with E-state index in [1.54, 1.807) is 0 Å². The quantitative estimate of drug-likeness (QED) is 0.606. The maximum Gasteiger partial charge on any atom is 0.314 e. The number of halogens is 2. The molecule has 1 heterocycles. The van der Waals surface area contributed by atoms with Crippen LogP contribution in [0.5, 0.6) is 0 Å². The zero-order valence-electron chi connectivity index (χ0n) is 5.47.